The van der Waals surface area contributed by atoms with Gasteiger partial charge in [0.2, 0.25) is 5.91 Å². The molecular weight excluding hydrogens is 306 g/mol. The summed E-state index contributed by atoms with van der Waals surface area (Å²) < 4.78 is 1.63. The third kappa shape index (κ3) is 3.56. The second-order valence-corrected chi connectivity index (χ2v) is 5.99. The zero-order valence-corrected chi connectivity index (χ0v) is 13.8. The maximum Gasteiger partial charge on any atom is 0.319 e. The van der Waals surface area contributed by atoms with E-state index >= 15 is 0 Å². The van der Waals surface area contributed by atoms with Crippen LogP contribution in [0.5, 0.6) is 0 Å². The van der Waals surface area contributed by atoms with E-state index in [-0.39, 0.29) is 11.9 Å². The van der Waals surface area contributed by atoms with E-state index in [9.17, 15) is 9.59 Å². The van der Waals surface area contributed by atoms with Gasteiger partial charge in [-0.3, -0.25) is 9.48 Å². The van der Waals surface area contributed by atoms with Crippen molar-refractivity contribution >= 4 is 17.6 Å². The van der Waals surface area contributed by atoms with E-state index < -0.39 is 6.04 Å². The van der Waals surface area contributed by atoms with Gasteiger partial charge >= 0.3 is 6.03 Å². The minimum absolute atomic E-state index is 0.0445. The first kappa shape index (κ1) is 16.0. The minimum Gasteiger partial charge on any atom is -0.336 e. The number of anilines is 1. The maximum atomic E-state index is 12.4. The van der Waals surface area contributed by atoms with Crippen LogP contribution >= 0.6 is 0 Å². The largest absolute Gasteiger partial charge is 0.336 e. The number of aromatic nitrogens is 2. The Morgan fingerprint density at radius 3 is 2.75 bits per heavy atom. The zero-order chi connectivity index (χ0) is 17.1. The predicted octanol–water partition coefficient (Wildman–Crippen LogP) is 1.65. The molecule has 2 N–H and O–H groups in total. The van der Waals surface area contributed by atoms with Crippen molar-refractivity contribution in [3.63, 3.8) is 0 Å². The van der Waals surface area contributed by atoms with Crippen LogP contribution in [0.15, 0.2) is 36.5 Å². The summed E-state index contributed by atoms with van der Waals surface area (Å²) in [6.07, 6.45) is 2.35. The van der Waals surface area contributed by atoms with E-state index in [2.05, 4.69) is 15.7 Å². The quantitative estimate of drug-likeness (QED) is 0.896. The average molecular weight is 327 g/mol. The van der Waals surface area contributed by atoms with Gasteiger partial charge in [0.05, 0.1) is 11.4 Å². The van der Waals surface area contributed by atoms with Crippen molar-refractivity contribution in [1.82, 2.24) is 20.0 Å². The second-order valence-electron chi connectivity index (χ2n) is 5.99. The highest BCUT2D eigenvalue weighted by atomic mass is 16.2. The predicted molar refractivity (Wildman–Crippen MR) is 90.4 cm³/mol. The highest BCUT2D eigenvalue weighted by molar-refractivity contribution is 5.94. The molecule has 3 amide bonds. The van der Waals surface area contributed by atoms with Crippen molar-refractivity contribution in [1.29, 1.82) is 0 Å². The molecule has 2 aromatic rings. The first-order valence-electron chi connectivity index (χ1n) is 7.93. The van der Waals surface area contributed by atoms with Crippen LogP contribution < -0.4 is 10.6 Å². The van der Waals surface area contributed by atoms with Gasteiger partial charge in [-0.25, -0.2) is 4.79 Å². The SMILES string of the molecule is Cc1nn(C)cc1NC(=O)N[C@H]1CCN(Cc2ccccc2)C1=O. The van der Waals surface area contributed by atoms with Crippen molar-refractivity contribution in [3.8, 4) is 0 Å². The van der Waals surface area contributed by atoms with Crippen LogP contribution in [0.1, 0.15) is 17.7 Å². The van der Waals surface area contributed by atoms with Crippen LogP contribution in [-0.2, 0) is 18.4 Å². The fourth-order valence-electron chi connectivity index (χ4n) is 2.87. The van der Waals surface area contributed by atoms with E-state index in [1.807, 2.05) is 37.3 Å². The molecule has 2 heterocycles. The molecule has 1 aromatic heterocycles. The number of aryl methyl sites for hydroxylation is 2. The maximum absolute atomic E-state index is 12.4. The Morgan fingerprint density at radius 2 is 2.08 bits per heavy atom. The van der Waals surface area contributed by atoms with Gasteiger partial charge in [0, 0.05) is 26.3 Å². The molecule has 126 valence electrons. The van der Waals surface area contributed by atoms with Crippen LogP contribution in [0.3, 0.4) is 0 Å². The number of rotatable bonds is 4. The fourth-order valence-corrected chi connectivity index (χ4v) is 2.87. The second kappa shape index (κ2) is 6.74. The molecule has 1 aliphatic heterocycles. The molecular formula is C17H21N5O2. The number of nitrogens with zero attached hydrogens (tertiary/aromatic N) is 3. The van der Waals surface area contributed by atoms with Gasteiger partial charge in [-0.1, -0.05) is 30.3 Å². The number of urea groups is 1. The molecule has 0 radical (unpaired) electrons. The molecule has 1 saturated heterocycles. The molecule has 1 atom stereocenters. The number of carbonyl (C=O) groups is 2. The third-order valence-corrected chi connectivity index (χ3v) is 4.08. The Balaban J connectivity index is 1.55. The molecule has 0 aliphatic carbocycles. The molecule has 3 rings (SSSR count). The van der Waals surface area contributed by atoms with Crippen LogP contribution in [0.2, 0.25) is 0 Å². The van der Waals surface area contributed by atoms with Crippen molar-refractivity contribution in [2.24, 2.45) is 7.05 Å². The summed E-state index contributed by atoms with van der Waals surface area (Å²) in [5, 5.41) is 9.66. The molecule has 24 heavy (non-hydrogen) atoms. The van der Waals surface area contributed by atoms with Gasteiger partial charge in [-0.15, -0.1) is 0 Å². The van der Waals surface area contributed by atoms with Crippen molar-refractivity contribution in [3.05, 3.63) is 47.8 Å². The topological polar surface area (TPSA) is 79.3 Å². The van der Waals surface area contributed by atoms with Gasteiger partial charge in [-0.2, -0.15) is 5.10 Å². The Morgan fingerprint density at radius 1 is 1.33 bits per heavy atom. The Kier molecular flexibility index (Phi) is 4.50. The van der Waals surface area contributed by atoms with Crippen LogP contribution in [0.25, 0.3) is 0 Å². The Bertz CT molecular complexity index is 741. The first-order valence-corrected chi connectivity index (χ1v) is 7.93. The minimum atomic E-state index is -0.481. The lowest BCUT2D eigenvalue weighted by Crippen LogP contribution is -2.43. The number of hydrogen-bond acceptors (Lipinski definition) is 3. The standard InChI is InChI=1S/C17H21N5O2/c1-12-15(11-21(2)20-12)19-17(24)18-14-8-9-22(16(14)23)10-13-6-4-3-5-7-13/h3-7,11,14H,8-10H2,1-2H3,(H2,18,19,24)/t14-/m0/s1. The van der Waals surface area contributed by atoms with Gasteiger partial charge in [0.1, 0.15) is 6.04 Å². The molecule has 1 fully saturated rings. The smallest absolute Gasteiger partial charge is 0.319 e. The first-order chi connectivity index (χ1) is 11.5. The van der Waals surface area contributed by atoms with Gasteiger partial charge in [-0.05, 0) is 18.9 Å². The van der Waals surface area contributed by atoms with E-state index in [0.29, 0.717) is 25.2 Å². The summed E-state index contributed by atoms with van der Waals surface area (Å²) in [7, 11) is 1.79. The van der Waals surface area contributed by atoms with E-state index in [4.69, 9.17) is 0 Å². The fraction of sp³-hybridized carbons (Fsp3) is 0.353. The summed E-state index contributed by atoms with van der Waals surface area (Å²) in [6, 6.07) is 8.98. The number of benzene rings is 1. The molecule has 0 saturated carbocycles. The molecule has 1 aromatic carbocycles. The molecule has 7 heteroatoms. The Hall–Kier alpha value is -2.83. The highest BCUT2D eigenvalue weighted by Crippen LogP contribution is 2.16. The summed E-state index contributed by atoms with van der Waals surface area (Å²) in [6.45, 7) is 3.03. The molecule has 0 unspecified atom stereocenters. The number of nitrogens with one attached hydrogen (secondary N) is 2. The summed E-state index contributed by atoms with van der Waals surface area (Å²) >= 11 is 0. The van der Waals surface area contributed by atoms with E-state index in [1.165, 1.54) is 0 Å². The summed E-state index contributed by atoms with van der Waals surface area (Å²) in [4.78, 5) is 26.3. The molecule has 0 bridgehead atoms. The lowest BCUT2D eigenvalue weighted by molar-refractivity contribution is -0.129. The number of amides is 3. The number of hydrogen-bond donors (Lipinski definition) is 2. The number of carbonyl (C=O) groups excluding carboxylic acids is 2. The van der Waals surface area contributed by atoms with Gasteiger partial charge in [0.15, 0.2) is 0 Å². The van der Waals surface area contributed by atoms with E-state index in [1.54, 1.807) is 22.8 Å². The van der Waals surface area contributed by atoms with Crippen LogP contribution in [0, 0.1) is 6.92 Å². The Labute approximate surface area is 140 Å². The molecule has 7 nitrogen and oxygen atoms in total. The average Bonchev–Trinajstić information content (AvgIpc) is 3.04. The lowest BCUT2D eigenvalue weighted by atomic mass is 10.2. The molecule has 1 aliphatic rings. The zero-order valence-electron chi connectivity index (χ0n) is 13.8. The van der Waals surface area contributed by atoms with Crippen molar-refractivity contribution in [2.45, 2.75) is 25.9 Å². The normalized spacial score (nSPS) is 17.2. The van der Waals surface area contributed by atoms with E-state index in [0.717, 1.165) is 11.3 Å². The lowest BCUT2D eigenvalue weighted by Gasteiger charge is -2.17. The summed E-state index contributed by atoms with van der Waals surface area (Å²) in [5.74, 6) is -0.0445. The van der Waals surface area contributed by atoms with Crippen LogP contribution in [0.4, 0.5) is 10.5 Å². The third-order valence-electron chi connectivity index (χ3n) is 4.08. The van der Waals surface area contributed by atoms with Gasteiger partial charge < -0.3 is 15.5 Å². The van der Waals surface area contributed by atoms with Gasteiger partial charge in [0.25, 0.3) is 0 Å². The number of likely N-dealkylation sites (tertiary alicyclic amines) is 1. The van der Waals surface area contributed by atoms with Crippen molar-refractivity contribution in [2.75, 3.05) is 11.9 Å². The monoisotopic (exact) mass is 327 g/mol. The summed E-state index contributed by atoms with van der Waals surface area (Å²) in [5.41, 5.74) is 2.46. The van der Waals surface area contributed by atoms with Crippen LogP contribution in [-0.4, -0.2) is 39.2 Å². The van der Waals surface area contributed by atoms with Crippen molar-refractivity contribution < 1.29 is 9.59 Å². The molecule has 0 spiro atoms. The highest BCUT2D eigenvalue weighted by Gasteiger charge is 2.32.